The average Bonchev–Trinajstić information content (AvgIpc) is 2.25. The van der Waals surface area contributed by atoms with Gasteiger partial charge in [0.1, 0.15) is 0 Å². The highest BCUT2D eigenvalue weighted by Gasteiger charge is 2.16. The molecule has 0 aromatic rings. The maximum absolute atomic E-state index is 11.3. The molecule has 3 N–H and O–H groups in total. The summed E-state index contributed by atoms with van der Waals surface area (Å²) in [5.41, 5.74) is 0. The van der Waals surface area contributed by atoms with Crippen LogP contribution in [0.2, 0.25) is 0 Å². The van der Waals surface area contributed by atoms with Crippen molar-refractivity contribution in [3.8, 4) is 0 Å². The Kier molecular flexibility index (Phi) is 7.22. The maximum Gasteiger partial charge on any atom is 0.305 e. The van der Waals surface area contributed by atoms with Gasteiger partial charge in [0, 0.05) is 6.42 Å². The van der Waals surface area contributed by atoms with Gasteiger partial charge in [0.05, 0.1) is 32.1 Å². The minimum Gasteiger partial charge on any atom is -0.469 e. The van der Waals surface area contributed by atoms with Crippen LogP contribution in [-0.4, -0.2) is 56.7 Å². The largest absolute Gasteiger partial charge is 0.469 e. The Bertz CT molecular complexity index is 298. The average molecular weight is 255 g/mol. The number of rotatable bonds is 8. The molecule has 0 amide bonds. The quantitative estimate of drug-likeness (QED) is 0.442. The van der Waals surface area contributed by atoms with Gasteiger partial charge in [-0.3, -0.25) is 4.79 Å². The number of aliphatic hydroxyl groups excluding tert-OH is 2. The number of methoxy groups -OCH3 is 1. The summed E-state index contributed by atoms with van der Waals surface area (Å²) in [4.78, 5) is 10.7. The van der Waals surface area contributed by atoms with Crippen LogP contribution < -0.4 is 4.72 Å². The van der Waals surface area contributed by atoms with E-state index in [4.69, 9.17) is 10.2 Å². The molecule has 0 bridgehead atoms. The standard InChI is InChI=1S/C8H17NO6S/c1-15-8(12)3-2-4-16(13,14)9-7(5-10)6-11/h7,9-11H,2-6H2,1H3. The van der Waals surface area contributed by atoms with Crippen molar-refractivity contribution in [2.24, 2.45) is 0 Å². The second-order valence-corrected chi connectivity index (χ2v) is 5.05. The van der Waals surface area contributed by atoms with Crippen molar-refractivity contribution in [1.82, 2.24) is 4.72 Å². The number of aliphatic hydroxyl groups is 2. The van der Waals surface area contributed by atoms with Crippen molar-refractivity contribution in [2.75, 3.05) is 26.1 Å². The Balaban J connectivity index is 4.01. The summed E-state index contributed by atoms with van der Waals surface area (Å²) in [7, 11) is -2.36. The monoisotopic (exact) mass is 255 g/mol. The Morgan fingerprint density at radius 1 is 1.38 bits per heavy atom. The zero-order chi connectivity index (χ0) is 12.6. The van der Waals surface area contributed by atoms with Gasteiger partial charge < -0.3 is 14.9 Å². The van der Waals surface area contributed by atoms with Crippen LogP contribution in [0.25, 0.3) is 0 Å². The fraction of sp³-hybridized carbons (Fsp3) is 0.875. The number of nitrogens with one attached hydrogen (secondary N) is 1. The zero-order valence-electron chi connectivity index (χ0n) is 9.05. The summed E-state index contributed by atoms with van der Waals surface area (Å²) in [6.07, 6.45) is 0.145. The van der Waals surface area contributed by atoms with Crippen molar-refractivity contribution in [2.45, 2.75) is 18.9 Å². The van der Waals surface area contributed by atoms with Crippen LogP contribution in [0.15, 0.2) is 0 Å². The molecule has 8 heteroatoms. The number of hydrogen-bond donors (Lipinski definition) is 3. The van der Waals surface area contributed by atoms with Crippen molar-refractivity contribution >= 4 is 16.0 Å². The lowest BCUT2D eigenvalue weighted by molar-refractivity contribution is -0.140. The van der Waals surface area contributed by atoms with E-state index < -0.39 is 35.2 Å². The first kappa shape index (κ1) is 15.3. The first-order valence-electron chi connectivity index (χ1n) is 4.73. The van der Waals surface area contributed by atoms with E-state index in [1.807, 2.05) is 0 Å². The summed E-state index contributed by atoms with van der Waals surface area (Å²) in [5, 5.41) is 17.4. The first-order chi connectivity index (χ1) is 7.45. The molecular formula is C8H17NO6S. The third-order valence-electron chi connectivity index (χ3n) is 1.81. The van der Waals surface area contributed by atoms with Crippen LogP contribution in [-0.2, 0) is 19.6 Å². The molecule has 0 aromatic carbocycles. The Morgan fingerprint density at radius 3 is 2.38 bits per heavy atom. The van der Waals surface area contributed by atoms with Gasteiger partial charge in [-0.1, -0.05) is 0 Å². The molecule has 0 aliphatic heterocycles. The van der Waals surface area contributed by atoms with Crippen LogP contribution in [0, 0.1) is 0 Å². The van der Waals surface area contributed by atoms with Crippen LogP contribution in [0.3, 0.4) is 0 Å². The molecule has 0 heterocycles. The van der Waals surface area contributed by atoms with Crippen molar-refractivity contribution in [3.05, 3.63) is 0 Å². The van der Waals surface area contributed by atoms with Crippen molar-refractivity contribution in [1.29, 1.82) is 0 Å². The molecule has 0 spiro atoms. The maximum atomic E-state index is 11.3. The Labute approximate surface area is 94.5 Å². The lowest BCUT2D eigenvalue weighted by Gasteiger charge is -2.13. The van der Waals surface area contributed by atoms with Crippen LogP contribution in [0.5, 0.6) is 0 Å². The van der Waals surface area contributed by atoms with Gasteiger partial charge in [-0.2, -0.15) is 0 Å². The number of esters is 1. The molecule has 7 nitrogen and oxygen atoms in total. The van der Waals surface area contributed by atoms with Gasteiger partial charge >= 0.3 is 5.97 Å². The number of ether oxygens (including phenoxy) is 1. The first-order valence-corrected chi connectivity index (χ1v) is 6.39. The normalized spacial score (nSPS) is 11.8. The van der Waals surface area contributed by atoms with E-state index in [1.165, 1.54) is 7.11 Å². The fourth-order valence-electron chi connectivity index (χ4n) is 0.954. The van der Waals surface area contributed by atoms with E-state index in [0.29, 0.717) is 0 Å². The Morgan fingerprint density at radius 2 is 1.94 bits per heavy atom. The smallest absolute Gasteiger partial charge is 0.305 e. The van der Waals surface area contributed by atoms with Gasteiger partial charge in [0.25, 0.3) is 0 Å². The second-order valence-electron chi connectivity index (χ2n) is 3.18. The van der Waals surface area contributed by atoms with Crippen molar-refractivity contribution in [3.63, 3.8) is 0 Å². The molecule has 96 valence electrons. The summed E-state index contributed by atoms with van der Waals surface area (Å²) in [5.74, 6) is -0.727. The van der Waals surface area contributed by atoms with E-state index in [0.717, 1.165) is 0 Å². The number of hydrogen-bond acceptors (Lipinski definition) is 6. The molecule has 16 heavy (non-hydrogen) atoms. The Hall–Kier alpha value is -0.700. The summed E-state index contributed by atoms with van der Waals surface area (Å²) >= 11 is 0. The minimum atomic E-state index is -3.59. The zero-order valence-corrected chi connectivity index (χ0v) is 9.87. The van der Waals surface area contributed by atoms with Gasteiger partial charge in [0.2, 0.25) is 10.0 Å². The predicted molar refractivity (Wildman–Crippen MR) is 56.1 cm³/mol. The molecule has 0 saturated heterocycles. The molecule has 0 unspecified atom stereocenters. The second kappa shape index (κ2) is 7.55. The van der Waals surface area contributed by atoms with Crippen LogP contribution >= 0.6 is 0 Å². The molecule has 0 radical (unpaired) electrons. The molecule has 0 saturated carbocycles. The van der Waals surface area contributed by atoms with E-state index >= 15 is 0 Å². The predicted octanol–water partition coefficient (Wildman–Crippen LogP) is -1.79. The molecule has 0 aliphatic carbocycles. The minimum absolute atomic E-state index is 0.0142. The van der Waals surface area contributed by atoms with Gasteiger partial charge in [-0.25, -0.2) is 13.1 Å². The number of carbonyl (C=O) groups is 1. The van der Waals surface area contributed by atoms with Gasteiger partial charge in [-0.05, 0) is 6.42 Å². The van der Waals surface area contributed by atoms with Gasteiger partial charge in [0.15, 0.2) is 0 Å². The highest BCUT2D eigenvalue weighted by Crippen LogP contribution is 1.97. The van der Waals surface area contributed by atoms with E-state index in [9.17, 15) is 13.2 Å². The highest BCUT2D eigenvalue weighted by molar-refractivity contribution is 7.89. The topological polar surface area (TPSA) is 113 Å². The third-order valence-corrected chi connectivity index (χ3v) is 3.33. The molecule has 0 aliphatic rings. The van der Waals surface area contributed by atoms with Crippen molar-refractivity contribution < 1.29 is 28.2 Å². The molecule has 0 rings (SSSR count). The molecule has 0 aromatic heterocycles. The SMILES string of the molecule is COC(=O)CCCS(=O)(=O)NC(CO)CO. The highest BCUT2D eigenvalue weighted by atomic mass is 32.2. The molecular weight excluding hydrogens is 238 g/mol. The molecule has 0 atom stereocenters. The summed E-state index contributed by atoms with van der Waals surface area (Å²) in [6, 6.07) is -0.900. The van der Waals surface area contributed by atoms with E-state index in [1.54, 1.807) is 0 Å². The van der Waals surface area contributed by atoms with E-state index in [2.05, 4.69) is 9.46 Å². The number of carbonyl (C=O) groups excluding carboxylic acids is 1. The summed E-state index contributed by atoms with van der Waals surface area (Å²) in [6.45, 7) is -0.959. The van der Waals surface area contributed by atoms with Gasteiger partial charge in [-0.15, -0.1) is 0 Å². The lowest BCUT2D eigenvalue weighted by atomic mass is 10.3. The van der Waals surface area contributed by atoms with E-state index in [-0.39, 0.29) is 18.6 Å². The van der Waals surface area contributed by atoms with Crippen LogP contribution in [0.1, 0.15) is 12.8 Å². The number of sulfonamides is 1. The summed E-state index contributed by atoms with van der Waals surface area (Å²) < 4.78 is 29.1. The lowest BCUT2D eigenvalue weighted by Crippen LogP contribution is -2.41. The van der Waals surface area contributed by atoms with Crippen LogP contribution in [0.4, 0.5) is 0 Å². The third kappa shape index (κ3) is 6.72. The fourth-order valence-corrected chi connectivity index (χ4v) is 2.25. The molecule has 0 fully saturated rings.